The highest BCUT2D eigenvalue weighted by molar-refractivity contribution is 5.81. The van der Waals surface area contributed by atoms with E-state index in [1.807, 2.05) is 30.3 Å². The van der Waals surface area contributed by atoms with E-state index in [1.165, 1.54) is 0 Å². The highest BCUT2D eigenvalue weighted by Crippen LogP contribution is 2.00. The van der Waals surface area contributed by atoms with Gasteiger partial charge in [0.15, 0.2) is 0 Å². The van der Waals surface area contributed by atoms with Crippen molar-refractivity contribution < 1.29 is 0 Å². The highest BCUT2D eigenvalue weighted by Gasteiger charge is 1.95. The lowest BCUT2D eigenvalue weighted by atomic mass is 10.1. The van der Waals surface area contributed by atoms with Crippen molar-refractivity contribution in [2.45, 2.75) is 13.8 Å². The molecule has 13 heavy (non-hydrogen) atoms. The maximum Gasteiger partial charge on any atom is 0.149 e. The number of benzene rings is 1. The van der Waals surface area contributed by atoms with Crippen LogP contribution in [0.15, 0.2) is 40.7 Å². The van der Waals surface area contributed by atoms with Gasteiger partial charge in [-0.1, -0.05) is 43.0 Å². The van der Waals surface area contributed by atoms with E-state index in [9.17, 15) is 0 Å². The van der Waals surface area contributed by atoms with Crippen LogP contribution in [0.1, 0.15) is 13.0 Å². The molecule has 0 aromatic heterocycles. The van der Waals surface area contributed by atoms with Crippen LogP contribution in [0.3, 0.4) is 0 Å². The van der Waals surface area contributed by atoms with Gasteiger partial charge in [-0.25, -0.2) is 0 Å². The van der Waals surface area contributed by atoms with Gasteiger partial charge in [-0.05, 0) is 5.56 Å². The van der Waals surface area contributed by atoms with Crippen molar-refractivity contribution in [3.05, 3.63) is 35.9 Å². The molecule has 70 valence electrons. The third-order valence-corrected chi connectivity index (χ3v) is 1.39. The van der Waals surface area contributed by atoms with Crippen molar-refractivity contribution in [2.75, 3.05) is 0 Å². The summed E-state index contributed by atoms with van der Waals surface area (Å²) < 4.78 is 0. The summed E-state index contributed by atoms with van der Waals surface area (Å²) in [5, 5.41) is 13.7. The highest BCUT2D eigenvalue weighted by atomic mass is 15.3. The molecule has 0 unspecified atom stereocenters. The normalized spacial score (nSPS) is 9.54. The van der Waals surface area contributed by atoms with Crippen molar-refractivity contribution >= 4 is 5.84 Å². The van der Waals surface area contributed by atoms with Crippen LogP contribution >= 0.6 is 0 Å². The smallest absolute Gasteiger partial charge is 0.149 e. The standard InChI is InChI=1S/C8H10N4.CH4/c9-8(11-12-10)6-7-4-2-1-3-5-7;/h1-5H,6H2,(H3,9,10,11);1H4. The fourth-order valence-corrected chi connectivity index (χ4v) is 0.894. The van der Waals surface area contributed by atoms with Crippen LogP contribution in [0.25, 0.3) is 0 Å². The van der Waals surface area contributed by atoms with Gasteiger partial charge in [0.1, 0.15) is 5.84 Å². The minimum absolute atomic E-state index is 0. The van der Waals surface area contributed by atoms with Crippen LogP contribution in [0.2, 0.25) is 0 Å². The summed E-state index contributed by atoms with van der Waals surface area (Å²) in [6.45, 7) is 0. The number of nitrogens with zero attached hydrogens (tertiary/aromatic N) is 2. The molecular formula is C9H14N4. The minimum atomic E-state index is 0. The Balaban J connectivity index is 0.00000144. The van der Waals surface area contributed by atoms with Crippen LogP contribution in [0.4, 0.5) is 0 Å². The Hall–Kier alpha value is -1.71. The summed E-state index contributed by atoms with van der Waals surface area (Å²) in [6, 6.07) is 9.63. The summed E-state index contributed by atoms with van der Waals surface area (Å²) in [5.41, 5.74) is 1.04. The summed E-state index contributed by atoms with van der Waals surface area (Å²) in [7, 11) is 0. The quantitative estimate of drug-likeness (QED) is 0.235. The molecule has 3 N–H and O–H groups in total. The van der Waals surface area contributed by atoms with Gasteiger partial charge in [0.25, 0.3) is 0 Å². The molecule has 0 bridgehead atoms. The average Bonchev–Trinajstić information content (AvgIpc) is 2.06. The molecule has 0 aliphatic carbocycles. The predicted octanol–water partition coefficient (Wildman–Crippen LogP) is 2.17. The van der Waals surface area contributed by atoms with Crippen molar-refractivity contribution in [3.8, 4) is 0 Å². The Labute approximate surface area is 78.0 Å². The molecule has 0 aliphatic heterocycles. The van der Waals surface area contributed by atoms with Gasteiger partial charge < -0.3 is 5.84 Å². The molecule has 0 fully saturated rings. The Bertz CT molecular complexity index is 279. The first-order valence-corrected chi connectivity index (χ1v) is 3.55. The van der Waals surface area contributed by atoms with Crippen molar-refractivity contribution in [1.82, 2.24) is 0 Å². The molecule has 4 nitrogen and oxygen atoms in total. The van der Waals surface area contributed by atoms with E-state index in [2.05, 4.69) is 10.3 Å². The van der Waals surface area contributed by atoms with Gasteiger partial charge in [0.05, 0.1) is 0 Å². The van der Waals surface area contributed by atoms with E-state index >= 15 is 0 Å². The molecule has 0 atom stereocenters. The van der Waals surface area contributed by atoms with E-state index in [0.29, 0.717) is 6.42 Å². The zero-order valence-electron chi connectivity index (χ0n) is 6.57. The third kappa shape index (κ3) is 4.00. The zero-order chi connectivity index (χ0) is 8.81. The monoisotopic (exact) mass is 178 g/mol. The largest absolute Gasteiger partial charge is 0.305 e. The molecular weight excluding hydrogens is 164 g/mol. The second-order valence-corrected chi connectivity index (χ2v) is 2.32. The predicted molar refractivity (Wildman–Crippen MR) is 53.6 cm³/mol. The molecule has 1 aromatic rings. The molecule has 1 aromatic carbocycles. The number of rotatable bonds is 2. The lowest BCUT2D eigenvalue weighted by molar-refractivity contribution is 1.05. The third-order valence-electron chi connectivity index (χ3n) is 1.39. The zero-order valence-corrected chi connectivity index (χ0v) is 6.57. The fourth-order valence-electron chi connectivity index (χ4n) is 0.894. The molecule has 0 amide bonds. The molecule has 0 radical (unpaired) electrons. The Morgan fingerprint density at radius 1 is 1.31 bits per heavy atom. The van der Waals surface area contributed by atoms with Gasteiger partial charge in [-0.2, -0.15) is 0 Å². The number of hydrogen-bond donors (Lipinski definition) is 2. The van der Waals surface area contributed by atoms with Crippen molar-refractivity contribution in [1.29, 1.82) is 5.41 Å². The summed E-state index contributed by atoms with van der Waals surface area (Å²) in [5.74, 6) is 4.97. The van der Waals surface area contributed by atoms with E-state index in [4.69, 9.17) is 11.3 Å². The molecule has 0 saturated carbocycles. The van der Waals surface area contributed by atoms with Crippen LogP contribution in [-0.2, 0) is 6.42 Å². The molecule has 0 saturated heterocycles. The van der Waals surface area contributed by atoms with Gasteiger partial charge >= 0.3 is 0 Å². The van der Waals surface area contributed by atoms with E-state index in [0.717, 1.165) is 5.56 Å². The number of hydrogen-bond acceptors (Lipinski definition) is 2. The number of amidine groups is 1. The topological polar surface area (TPSA) is 74.6 Å². The summed E-state index contributed by atoms with van der Waals surface area (Å²) in [4.78, 5) is 0. The first kappa shape index (κ1) is 11.3. The molecule has 0 heterocycles. The fraction of sp³-hybridized carbons (Fsp3) is 0.222. The van der Waals surface area contributed by atoms with Crippen LogP contribution in [0, 0.1) is 5.41 Å². The van der Waals surface area contributed by atoms with Gasteiger partial charge in [0, 0.05) is 6.42 Å². The summed E-state index contributed by atoms with van der Waals surface area (Å²) in [6.07, 6.45) is 0.474. The first-order chi connectivity index (χ1) is 5.83. The Kier molecular flexibility index (Phi) is 5.11. The van der Waals surface area contributed by atoms with Crippen molar-refractivity contribution in [2.24, 2.45) is 16.2 Å². The first-order valence-electron chi connectivity index (χ1n) is 3.55. The second kappa shape index (κ2) is 5.88. The van der Waals surface area contributed by atoms with E-state index < -0.39 is 0 Å². The number of nitrogens with one attached hydrogen (secondary N) is 1. The van der Waals surface area contributed by atoms with Crippen molar-refractivity contribution in [3.63, 3.8) is 0 Å². The van der Waals surface area contributed by atoms with Crippen LogP contribution in [-0.4, -0.2) is 5.84 Å². The SMILES string of the molecule is C.N=C(Cc1ccccc1)N=NN. The van der Waals surface area contributed by atoms with Gasteiger partial charge in [-0.3, -0.25) is 5.41 Å². The van der Waals surface area contributed by atoms with E-state index in [-0.39, 0.29) is 13.3 Å². The molecule has 0 aliphatic rings. The molecule has 1 rings (SSSR count). The van der Waals surface area contributed by atoms with Crippen LogP contribution in [0.5, 0.6) is 0 Å². The Morgan fingerprint density at radius 3 is 2.46 bits per heavy atom. The van der Waals surface area contributed by atoms with Gasteiger partial charge in [-0.15, -0.1) is 5.11 Å². The maximum atomic E-state index is 7.29. The second-order valence-electron chi connectivity index (χ2n) is 2.32. The average molecular weight is 178 g/mol. The Morgan fingerprint density at radius 2 is 1.92 bits per heavy atom. The van der Waals surface area contributed by atoms with Gasteiger partial charge in [0.2, 0.25) is 0 Å². The maximum absolute atomic E-state index is 7.29. The number of nitrogens with two attached hydrogens (primary N) is 1. The molecule has 4 heteroatoms. The van der Waals surface area contributed by atoms with Crippen LogP contribution < -0.4 is 5.84 Å². The lowest BCUT2D eigenvalue weighted by Gasteiger charge is -1.95. The minimum Gasteiger partial charge on any atom is -0.305 e. The molecule has 0 spiro atoms. The van der Waals surface area contributed by atoms with E-state index in [1.54, 1.807) is 0 Å². The summed E-state index contributed by atoms with van der Waals surface area (Å²) >= 11 is 0. The lowest BCUT2D eigenvalue weighted by Crippen LogP contribution is -1.97.